The Kier molecular flexibility index (Phi) is 4.66. The van der Waals surface area contributed by atoms with Gasteiger partial charge in [0.1, 0.15) is 0 Å². The Morgan fingerprint density at radius 2 is 2.24 bits per heavy atom. The summed E-state index contributed by atoms with van der Waals surface area (Å²) in [5.74, 6) is 1.75. The summed E-state index contributed by atoms with van der Waals surface area (Å²) in [4.78, 5) is 1.44. The Hall–Kier alpha value is -1.26. The summed E-state index contributed by atoms with van der Waals surface area (Å²) in [7, 11) is 0. The van der Waals surface area contributed by atoms with Crippen LogP contribution < -0.4 is 5.32 Å². The van der Waals surface area contributed by atoms with Crippen LogP contribution in [0.25, 0.3) is 0 Å². The van der Waals surface area contributed by atoms with Crippen LogP contribution in [0.15, 0.2) is 35.4 Å². The fourth-order valence-electron chi connectivity index (χ4n) is 2.83. The number of aromatic nitrogens is 2. The molecule has 1 unspecified atom stereocenters. The first-order valence-corrected chi connectivity index (χ1v) is 8.72. The zero-order chi connectivity index (χ0) is 14.7. The van der Waals surface area contributed by atoms with Crippen LogP contribution in [-0.4, -0.2) is 22.1 Å². The molecule has 0 bridgehead atoms. The third-order valence-corrected chi connectivity index (χ3v) is 5.39. The molecule has 1 aromatic carbocycles. The smallest absolute Gasteiger partial charge is 0.0537 e. The number of nitrogens with zero attached hydrogens (tertiary/aromatic N) is 2. The van der Waals surface area contributed by atoms with Crippen molar-refractivity contribution in [1.82, 2.24) is 15.1 Å². The molecule has 1 aliphatic heterocycles. The lowest BCUT2D eigenvalue weighted by molar-refractivity contribution is 0.536. The number of nitrogens with one attached hydrogen (secondary N) is 1. The number of hydrogen-bond donors (Lipinski definition) is 1. The molecule has 1 N–H and O–H groups in total. The maximum absolute atomic E-state index is 4.60. The van der Waals surface area contributed by atoms with Crippen molar-refractivity contribution in [2.24, 2.45) is 0 Å². The van der Waals surface area contributed by atoms with E-state index in [2.05, 4.69) is 53.2 Å². The molecule has 4 heteroatoms. The minimum Gasteiger partial charge on any atom is -0.313 e. The summed E-state index contributed by atoms with van der Waals surface area (Å²) in [6.45, 7) is 7.36. The number of fused-ring (bicyclic) bond motifs is 1. The van der Waals surface area contributed by atoms with Gasteiger partial charge in [-0.25, -0.2) is 0 Å². The molecule has 0 amide bonds. The Morgan fingerprint density at radius 3 is 3.10 bits per heavy atom. The van der Waals surface area contributed by atoms with Crippen LogP contribution in [0.4, 0.5) is 0 Å². The van der Waals surface area contributed by atoms with Gasteiger partial charge in [0.25, 0.3) is 0 Å². The summed E-state index contributed by atoms with van der Waals surface area (Å²) in [5.41, 5.74) is 4.11. The van der Waals surface area contributed by atoms with Gasteiger partial charge in [-0.3, -0.25) is 4.68 Å². The molecule has 0 fully saturated rings. The van der Waals surface area contributed by atoms with Gasteiger partial charge in [-0.1, -0.05) is 25.1 Å². The molecule has 0 spiro atoms. The fourth-order valence-corrected chi connectivity index (χ4v) is 4.07. The average Bonchev–Trinajstić information content (AvgIpc) is 3.06. The highest BCUT2D eigenvalue weighted by Gasteiger charge is 2.23. The van der Waals surface area contributed by atoms with Gasteiger partial charge in [-0.15, -0.1) is 11.8 Å². The van der Waals surface area contributed by atoms with Crippen LogP contribution in [0, 0.1) is 6.92 Å². The van der Waals surface area contributed by atoms with Gasteiger partial charge in [-0.2, -0.15) is 5.10 Å². The number of thioether (sulfide) groups is 1. The first kappa shape index (κ1) is 14.7. The molecule has 2 aromatic rings. The van der Waals surface area contributed by atoms with Gasteiger partial charge in [0, 0.05) is 40.9 Å². The van der Waals surface area contributed by atoms with Crippen molar-refractivity contribution in [1.29, 1.82) is 0 Å². The van der Waals surface area contributed by atoms with Crippen molar-refractivity contribution in [3.63, 3.8) is 0 Å². The lowest BCUT2D eigenvalue weighted by Crippen LogP contribution is -2.15. The highest BCUT2D eigenvalue weighted by molar-refractivity contribution is 7.99. The first-order valence-electron chi connectivity index (χ1n) is 7.73. The molecule has 0 saturated heterocycles. The molecule has 21 heavy (non-hydrogen) atoms. The minimum absolute atomic E-state index is 0.584. The highest BCUT2D eigenvalue weighted by atomic mass is 32.2. The van der Waals surface area contributed by atoms with E-state index in [4.69, 9.17) is 0 Å². The summed E-state index contributed by atoms with van der Waals surface area (Å²) in [5, 5.41) is 8.06. The van der Waals surface area contributed by atoms with Crippen molar-refractivity contribution in [2.75, 3.05) is 12.3 Å². The number of hydrogen-bond acceptors (Lipinski definition) is 3. The second-order valence-corrected chi connectivity index (χ2v) is 6.72. The van der Waals surface area contributed by atoms with Gasteiger partial charge in [0.2, 0.25) is 0 Å². The lowest BCUT2D eigenvalue weighted by Gasteiger charge is -2.13. The van der Waals surface area contributed by atoms with E-state index in [0.717, 1.165) is 19.6 Å². The van der Waals surface area contributed by atoms with Crippen molar-refractivity contribution >= 4 is 11.8 Å². The van der Waals surface area contributed by atoms with Gasteiger partial charge in [-0.05, 0) is 31.5 Å². The Labute approximate surface area is 131 Å². The Bertz CT molecular complexity index is 606. The third-order valence-electron chi connectivity index (χ3n) is 4.14. The van der Waals surface area contributed by atoms with Crippen LogP contribution in [0.2, 0.25) is 0 Å². The van der Waals surface area contributed by atoms with E-state index in [1.54, 1.807) is 0 Å². The van der Waals surface area contributed by atoms with Gasteiger partial charge < -0.3 is 5.32 Å². The van der Waals surface area contributed by atoms with E-state index in [9.17, 15) is 0 Å². The lowest BCUT2D eigenvalue weighted by atomic mass is 10.0. The third kappa shape index (κ3) is 3.16. The molecule has 1 aromatic heterocycles. The second kappa shape index (κ2) is 6.67. The summed E-state index contributed by atoms with van der Waals surface area (Å²) in [6, 6.07) is 8.78. The standard InChI is InChI=1S/C17H23N3S/c1-3-8-18-9-14-10-19-20(13(14)2)11-15-12-21-17-7-5-4-6-16(15)17/h4-7,10,15,18H,3,8-9,11-12H2,1-2H3. The largest absolute Gasteiger partial charge is 0.313 e. The molecule has 0 saturated carbocycles. The maximum atomic E-state index is 4.60. The molecule has 112 valence electrons. The van der Waals surface area contributed by atoms with Crippen LogP contribution in [0.1, 0.15) is 36.1 Å². The van der Waals surface area contributed by atoms with E-state index in [1.165, 1.54) is 33.9 Å². The fraction of sp³-hybridized carbons (Fsp3) is 0.471. The molecular weight excluding hydrogens is 278 g/mol. The zero-order valence-corrected chi connectivity index (χ0v) is 13.6. The van der Waals surface area contributed by atoms with Crippen molar-refractivity contribution in [3.8, 4) is 0 Å². The second-order valence-electron chi connectivity index (χ2n) is 5.66. The molecule has 1 atom stereocenters. The number of rotatable bonds is 6. The first-order chi connectivity index (χ1) is 10.3. The molecular formula is C17H23N3S. The monoisotopic (exact) mass is 301 g/mol. The molecule has 0 aliphatic carbocycles. The summed E-state index contributed by atoms with van der Waals surface area (Å²) >= 11 is 1.97. The van der Waals surface area contributed by atoms with E-state index in [-0.39, 0.29) is 0 Å². The summed E-state index contributed by atoms with van der Waals surface area (Å²) < 4.78 is 2.18. The van der Waals surface area contributed by atoms with Gasteiger partial charge >= 0.3 is 0 Å². The van der Waals surface area contributed by atoms with Gasteiger partial charge in [0.15, 0.2) is 0 Å². The highest BCUT2D eigenvalue weighted by Crippen LogP contribution is 2.40. The number of benzene rings is 1. The predicted molar refractivity (Wildman–Crippen MR) is 88.9 cm³/mol. The average molecular weight is 301 g/mol. The van der Waals surface area contributed by atoms with Crippen LogP contribution in [0.5, 0.6) is 0 Å². The van der Waals surface area contributed by atoms with E-state index >= 15 is 0 Å². The molecule has 1 aliphatic rings. The van der Waals surface area contributed by atoms with E-state index in [1.807, 2.05) is 18.0 Å². The molecule has 2 heterocycles. The van der Waals surface area contributed by atoms with Crippen molar-refractivity contribution in [2.45, 2.75) is 44.2 Å². The van der Waals surface area contributed by atoms with Crippen molar-refractivity contribution < 1.29 is 0 Å². The minimum atomic E-state index is 0.584. The van der Waals surface area contributed by atoms with Crippen LogP contribution in [0.3, 0.4) is 0 Å². The Balaban J connectivity index is 1.69. The molecule has 3 rings (SSSR count). The van der Waals surface area contributed by atoms with Gasteiger partial charge in [0.05, 0.1) is 6.20 Å². The quantitative estimate of drug-likeness (QED) is 0.827. The zero-order valence-electron chi connectivity index (χ0n) is 12.8. The summed E-state index contributed by atoms with van der Waals surface area (Å²) in [6.07, 6.45) is 3.19. The SMILES string of the molecule is CCCNCc1cnn(CC2CSc3ccccc32)c1C. The topological polar surface area (TPSA) is 29.9 Å². The molecule has 0 radical (unpaired) electrons. The normalized spacial score (nSPS) is 17.1. The Morgan fingerprint density at radius 1 is 1.38 bits per heavy atom. The molecule has 3 nitrogen and oxygen atoms in total. The van der Waals surface area contributed by atoms with Crippen LogP contribution >= 0.6 is 11.8 Å². The van der Waals surface area contributed by atoms with E-state index < -0.39 is 0 Å². The van der Waals surface area contributed by atoms with Crippen LogP contribution in [-0.2, 0) is 13.1 Å². The predicted octanol–water partition coefficient (Wildman–Crippen LogP) is 3.58. The van der Waals surface area contributed by atoms with E-state index in [0.29, 0.717) is 5.92 Å². The maximum Gasteiger partial charge on any atom is 0.0537 e. The van der Waals surface area contributed by atoms with Crippen molar-refractivity contribution in [3.05, 3.63) is 47.3 Å².